The average molecular weight is 188 g/mol. The molecule has 72 valence electrons. The Morgan fingerprint density at radius 2 is 2.00 bits per heavy atom. The molecule has 0 amide bonds. The largest absolute Gasteiger partial charge is 0.298 e. The van der Waals surface area contributed by atoms with Crippen LogP contribution in [-0.4, -0.2) is 24.9 Å². The minimum atomic E-state index is 0.708. The minimum absolute atomic E-state index is 0.708. The van der Waals surface area contributed by atoms with E-state index < -0.39 is 0 Å². The second-order valence-corrected chi connectivity index (χ2v) is 3.28. The van der Waals surface area contributed by atoms with Crippen molar-refractivity contribution in [2.75, 3.05) is 18.6 Å². The van der Waals surface area contributed by atoms with E-state index in [1.807, 2.05) is 37.5 Å². The number of likely N-dealkylation sites (N-methyl/N-ethyl adjacent to an activating group) is 1. The molecule has 3 nitrogen and oxygen atoms in total. The fraction of sp³-hybridized carbons (Fsp3) is 0.182. The van der Waals surface area contributed by atoms with Crippen LogP contribution < -0.4 is 5.01 Å². The number of anilines is 1. The van der Waals surface area contributed by atoms with Crippen molar-refractivity contribution >= 4 is 12.0 Å². The molecule has 0 fully saturated rings. The number of nitrogens with zero attached hydrogens (tertiary/aromatic N) is 2. The first-order chi connectivity index (χ1) is 6.81. The first kappa shape index (κ1) is 8.97. The predicted molar refractivity (Wildman–Crippen MR) is 56.1 cm³/mol. The Labute approximate surface area is 83.2 Å². The number of hydrogen-bond acceptors (Lipinski definition) is 3. The highest BCUT2D eigenvalue weighted by Crippen LogP contribution is 2.19. The van der Waals surface area contributed by atoms with Crippen molar-refractivity contribution in [3.63, 3.8) is 0 Å². The van der Waals surface area contributed by atoms with Gasteiger partial charge in [0, 0.05) is 25.4 Å². The maximum Gasteiger partial charge on any atom is 0.150 e. The van der Waals surface area contributed by atoms with Crippen LogP contribution in [0.2, 0.25) is 0 Å². The fourth-order valence-corrected chi connectivity index (χ4v) is 1.49. The molecule has 0 spiro atoms. The van der Waals surface area contributed by atoms with Gasteiger partial charge < -0.3 is 0 Å². The molecule has 0 saturated carbocycles. The van der Waals surface area contributed by atoms with Crippen molar-refractivity contribution in [2.24, 2.45) is 0 Å². The van der Waals surface area contributed by atoms with Crippen LogP contribution in [0.25, 0.3) is 0 Å². The molecule has 0 bridgehead atoms. The summed E-state index contributed by atoms with van der Waals surface area (Å²) in [7, 11) is 2.02. The van der Waals surface area contributed by atoms with Crippen LogP contribution in [0, 0.1) is 0 Å². The van der Waals surface area contributed by atoms with Crippen LogP contribution in [0.15, 0.2) is 36.5 Å². The van der Waals surface area contributed by atoms with Crippen LogP contribution >= 0.6 is 0 Å². The number of benzene rings is 1. The number of rotatable bonds is 2. The summed E-state index contributed by atoms with van der Waals surface area (Å²) in [5, 5.41) is 4.14. The van der Waals surface area contributed by atoms with E-state index in [-0.39, 0.29) is 0 Å². The molecular weight excluding hydrogens is 176 g/mol. The zero-order valence-corrected chi connectivity index (χ0v) is 8.05. The third-order valence-corrected chi connectivity index (χ3v) is 2.28. The van der Waals surface area contributed by atoms with Crippen LogP contribution in [0.3, 0.4) is 0 Å². The molecule has 0 saturated heterocycles. The van der Waals surface area contributed by atoms with Gasteiger partial charge >= 0.3 is 0 Å². The molecule has 0 aromatic heterocycles. The summed E-state index contributed by atoms with van der Waals surface area (Å²) in [5.74, 6) is 0. The highest BCUT2D eigenvalue weighted by Gasteiger charge is 2.12. The van der Waals surface area contributed by atoms with Crippen molar-refractivity contribution < 1.29 is 4.79 Å². The Balaban J connectivity index is 2.24. The number of aldehydes is 1. The van der Waals surface area contributed by atoms with E-state index in [4.69, 9.17) is 0 Å². The van der Waals surface area contributed by atoms with Crippen molar-refractivity contribution in [1.82, 2.24) is 5.01 Å². The average Bonchev–Trinajstić information content (AvgIpc) is 2.65. The van der Waals surface area contributed by atoms with Gasteiger partial charge in [-0.2, -0.15) is 0 Å². The van der Waals surface area contributed by atoms with Crippen LogP contribution in [0.4, 0.5) is 5.69 Å². The van der Waals surface area contributed by atoms with Crippen LogP contribution in [-0.2, 0) is 0 Å². The third-order valence-electron chi connectivity index (χ3n) is 2.28. The third kappa shape index (κ3) is 1.54. The molecule has 0 unspecified atom stereocenters. The molecule has 1 aromatic carbocycles. The molecule has 0 aliphatic carbocycles. The van der Waals surface area contributed by atoms with E-state index in [0.29, 0.717) is 5.56 Å². The Bertz CT molecular complexity index is 356. The second-order valence-electron chi connectivity index (χ2n) is 3.28. The fourth-order valence-electron chi connectivity index (χ4n) is 1.49. The lowest BCUT2D eigenvalue weighted by atomic mass is 10.2. The van der Waals surface area contributed by atoms with Gasteiger partial charge in [-0.1, -0.05) is 6.08 Å². The van der Waals surface area contributed by atoms with Gasteiger partial charge in [0.2, 0.25) is 0 Å². The van der Waals surface area contributed by atoms with Gasteiger partial charge in [0.05, 0.1) is 5.69 Å². The maximum atomic E-state index is 10.5. The lowest BCUT2D eigenvalue weighted by Gasteiger charge is -2.24. The predicted octanol–water partition coefficient (Wildman–Crippen LogP) is 1.68. The Morgan fingerprint density at radius 1 is 1.29 bits per heavy atom. The van der Waals surface area contributed by atoms with Crippen LogP contribution in [0.1, 0.15) is 10.4 Å². The van der Waals surface area contributed by atoms with E-state index in [1.165, 1.54) is 0 Å². The molecule has 1 aromatic rings. The molecule has 2 rings (SSSR count). The monoisotopic (exact) mass is 188 g/mol. The molecule has 1 heterocycles. The second kappa shape index (κ2) is 3.64. The van der Waals surface area contributed by atoms with Gasteiger partial charge in [-0.05, 0) is 24.3 Å². The lowest BCUT2D eigenvalue weighted by Crippen LogP contribution is -2.30. The molecule has 14 heavy (non-hydrogen) atoms. The Hall–Kier alpha value is -1.61. The number of carbonyl (C=O) groups is 1. The van der Waals surface area contributed by atoms with E-state index in [1.54, 1.807) is 0 Å². The summed E-state index contributed by atoms with van der Waals surface area (Å²) < 4.78 is 0. The van der Waals surface area contributed by atoms with E-state index >= 15 is 0 Å². The van der Waals surface area contributed by atoms with Gasteiger partial charge in [-0.3, -0.25) is 9.80 Å². The van der Waals surface area contributed by atoms with Crippen molar-refractivity contribution in [2.45, 2.75) is 0 Å². The topological polar surface area (TPSA) is 23.6 Å². The van der Waals surface area contributed by atoms with Gasteiger partial charge in [-0.15, -0.1) is 0 Å². The SMILES string of the molecule is CN1CC=CN1c1ccc(C=O)cc1. The molecule has 3 heteroatoms. The number of hydrogen-bond donors (Lipinski definition) is 0. The summed E-state index contributed by atoms with van der Waals surface area (Å²) in [6.07, 6.45) is 4.97. The quantitative estimate of drug-likeness (QED) is 0.660. The van der Waals surface area contributed by atoms with Crippen molar-refractivity contribution in [3.8, 4) is 0 Å². The molecule has 1 aliphatic heterocycles. The highest BCUT2D eigenvalue weighted by molar-refractivity contribution is 5.75. The number of hydrazine groups is 1. The molecule has 0 atom stereocenters. The molecule has 1 aliphatic rings. The number of carbonyl (C=O) groups excluding carboxylic acids is 1. The van der Waals surface area contributed by atoms with E-state index in [2.05, 4.69) is 16.1 Å². The minimum Gasteiger partial charge on any atom is -0.298 e. The molecule has 0 N–H and O–H groups in total. The Kier molecular flexibility index (Phi) is 2.33. The summed E-state index contributed by atoms with van der Waals surface area (Å²) in [6.45, 7) is 0.926. The zero-order valence-electron chi connectivity index (χ0n) is 8.05. The highest BCUT2D eigenvalue weighted by atomic mass is 16.1. The normalized spacial score (nSPS) is 16.2. The zero-order chi connectivity index (χ0) is 9.97. The van der Waals surface area contributed by atoms with Gasteiger partial charge in [-0.25, -0.2) is 5.01 Å². The molecular formula is C11H12N2O. The van der Waals surface area contributed by atoms with Gasteiger partial charge in [0.25, 0.3) is 0 Å². The van der Waals surface area contributed by atoms with E-state index in [0.717, 1.165) is 18.5 Å². The lowest BCUT2D eigenvalue weighted by molar-refractivity contribution is 0.112. The van der Waals surface area contributed by atoms with Gasteiger partial charge in [0.1, 0.15) is 6.29 Å². The van der Waals surface area contributed by atoms with Crippen molar-refractivity contribution in [1.29, 1.82) is 0 Å². The molecule has 0 radical (unpaired) electrons. The standard InChI is InChI=1S/C11H12N2O/c1-12-7-2-8-13(12)11-5-3-10(9-14)4-6-11/h2-6,8-9H,7H2,1H3. The summed E-state index contributed by atoms with van der Waals surface area (Å²) in [4.78, 5) is 10.5. The maximum absolute atomic E-state index is 10.5. The van der Waals surface area contributed by atoms with E-state index in [9.17, 15) is 4.79 Å². The summed E-state index contributed by atoms with van der Waals surface area (Å²) >= 11 is 0. The summed E-state index contributed by atoms with van der Waals surface area (Å²) in [5.41, 5.74) is 1.78. The summed E-state index contributed by atoms with van der Waals surface area (Å²) in [6, 6.07) is 7.52. The van der Waals surface area contributed by atoms with Gasteiger partial charge in [0.15, 0.2) is 0 Å². The van der Waals surface area contributed by atoms with Crippen molar-refractivity contribution in [3.05, 3.63) is 42.1 Å². The Morgan fingerprint density at radius 3 is 2.50 bits per heavy atom. The first-order valence-electron chi connectivity index (χ1n) is 4.53. The smallest absolute Gasteiger partial charge is 0.150 e. The van der Waals surface area contributed by atoms with Crippen LogP contribution in [0.5, 0.6) is 0 Å². The first-order valence-corrected chi connectivity index (χ1v) is 4.53.